The molecule has 70 heavy (non-hydrogen) atoms. The van der Waals surface area contributed by atoms with E-state index in [9.17, 15) is 0 Å². The minimum Gasteiger partial charge on any atom is -0.456 e. The molecule has 14 aromatic rings. The van der Waals surface area contributed by atoms with Crippen LogP contribution in [0.4, 0.5) is 0 Å². The van der Waals surface area contributed by atoms with Crippen molar-refractivity contribution in [3.05, 3.63) is 243 Å². The van der Waals surface area contributed by atoms with Crippen LogP contribution in [0.15, 0.2) is 247 Å². The van der Waals surface area contributed by atoms with Gasteiger partial charge in [-0.05, 0) is 77.4 Å². The Kier molecular flexibility index (Phi) is 9.14. The van der Waals surface area contributed by atoms with E-state index >= 15 is 0 Å². The quantitative estimate of drug-likeness (QED) is 0.150. The van der Waals surface area contributed by atoms with Gasteiger partial charge in [0.25, 0.3) is 0 Å². The van der Waals surface area contributed by atoms with E-state index in [2.05, 4.69) is 235 Å². The van der Waals surface area contributed by atoms with E-state index in [-0.39, 0.29) is 0 Å². The van der Waals surface area contributed by atoms with Crippen molar-refractivity contribution in [3.63, 3.8) is 0 Å². The second-order valence-electron chi connectivity index (χ2n) is 17.9. The Hall–Kier alpha value is -9.45. The number of rotatable bonds is 7. The van der Waals surface area contributed by atoms with E-state index < -0.39 is 0 Å². The smallest absolute Gasteiger partial charge is 0.160 e. The van der Waals surface area contributed by atoms with Crippen molar-refractivity contribution < 1.29 is 4.42 Å². The van der Waals surface area contributed by atoms with Gasteiger partial charge < -0.3 is 8.98 Å². The highest BCUT2D eigenvalue weighted by molar-refractivity contribution is 6.27. The van der Waals surface area contributed by atoms with E-state index in [0.29, 0.717) is 5.82 Å². The zero-order valence-electron chi connectivity index (χ0n) is 37.8. The third kappa shape index (κ3) is 6.51. The Morgan fingerprint density at radius 1 is 0.314 bits per heavy atom. The molecule has 0 aliphatic carbocycles. The Balaban J connectivity index is 0.914. The lowest BCUT2D eigenvalue weighted by atomic mass is 9.89. The molecule has 0 radical (unpaired) electrons. The highest BCUT2D eigenvalue weighted by atomic mass is 16.3. The summed E-state index contributed by atoms with van der Waals surface area (Å²) in [5.41, 5.74) is 17.0. The second kappa shape index (κ2) is 16.1. The van der Waals surface area contributed by atoms with Gasteiger partial charge in [0.1, 0.15) is 11.2 Å². The van der Waals surface area contributed by atoms with Crippen LogP contribution in [-0.4, -0.2) is 19.5 Å². The molecule has 14 rings (SSSR count). The molecule has 0 N–H and O–H groups in total. The van der Waals surface area contributed by atoms with E-state index in [1.165, 1.54) is 21.8 Å². The molecular formula is C65H40N4O. The molecule has 326 valence electrons. The minimum atomic E-state index is 0.655. The van der Waals surface area contributed by atoms with Gasteiger partial charge >= 0.3 is 0 Å². The Morgan fingerprint density at radius 3 is 1.60 bits per heavy atom. The fourth-order valence-corrected chi connectivity index (χ4v) is 10.6. The normalized spacial score (nSPS) is 11.7. The lowest BCUT2D eigenvalue weighted by Gasteiger charge is -2.16. The van der Waals surface area contributed by atoms with Crippen molar-refractivity contribution in [2.24, 2.45) is 0 Å². The summed E-state index contributed by atoms with van der Waals surface area (Å²) in [5.74, 6) is 0.655. The summed E-state index contributed by atoms with van der Waals surface area (Å²) >= 11 is 0. The summed E-state index contributed by atoms with van der Waals surface area (Å²) in [6.45, 7) is 0. The van der Waals surface area contributed by atoms with Crippen molar-refractivity contribution in [1.82, 2.24) is 19.5 Å². The van der Waals surface area contributed by atoms with Crippen LogP contribution in [0.25, 0.3) is 139 Å². The van der Waals surface area contributed by atoms with Crippen LogP contribution < -0.4 is 0 Å². The van der Waals surface area contributed by atoms with Crippen molar-refractivity contribution >= 4 is 65.4 Å². The first-order valence-corrected chi connectivity index (χ1v) is 23.7. The van der Waals surface area contributed by atoms with Gasteiger partial charge in [-0.25, -0.2) is 15.0 Å². The number of furan rings is 1. The van der Waals surface area contributed by atoms with Gasteiger partial charge in [0.15, 0.2) is 5.82 Å². The molecule has 4 aromatic heterocycles. The van der Waals surface area contributed by atoms with E-state index in [4.69, 9.17) is 19.4 Å². The van der Waals surface area contributed by atoms with Gasteiger partial charge in [-0.2, -0.15) is 0 Å². The lowest BCUT2D eigenvalue weighted by molar-refractivity contribution is 0.669. The van der Waals surface area contributed by atoms with Crippen molar-refractivity contribution in [2.45, 2.75) is 0 Å². The SMILES string of the molecule is c1ccc(-c2cc(-c3cccc(-n4c5ccccc5c5ccccc54)c3)nc(-c3cccc(-c4cccc(-c5nc6ccccc6c6c(-c7ccccc7)c7c(cc56)oc5ccccc57)c4)c3)n2)cc1. The number of fused-ring (bicyclic) bond motifs is 9. The molecule has 5 nitrogen and oxygen atoms in total. The predicted molar refractivity (Wildman–Crippen MR) is 289 cm³/mol. The molecule has 10 aromatic carbocycles. The molecule has 4 heterocycles. The highest BCUT2D eigenvalue weighted by Gasteiger charge is 2.22. The van der Waals surface area contributed by atoms with Crippen LogP contribution in [0.3, 0.4) is 0 Å². The second-order valence-corrected chi connectivity index (χ2v) is 17.9. The summed E-state index contributed by atoms with van der Waals surface area (Å²) in [6.07, 6.45) is 0. The van der Waals surface area contributed by atoms with Crippen LogP contribution >= 0.6 is 0 Å². The van der Waals surface area contributed by atoms with Gasteiger partial charge in [0.2, 0.25) is 0 Å². The fraction of sp³-hybridized carbons (Fsp3) is 0. The van der Waals surface area contributed by atoms with E-state index in [1.807, 2.05) is 12.1 Å². The van der Waals surface area contributed by atoms with Crippen LogP contribution in [-0.2, 0) is 0 Å². The zero-order valence-corrected chi connectivity index (χ0v) is 37.8. The van der Waals surface area contributed by atoms with E-state index in [0.717, 1.165) is 111 Å². The summed E-state index contributed by atoms with van der Waals surface area (Å²) in [4.78, 5) is 16.0. The molecule has 0 spiro atoms. The van der Waals surface area contributed by atoms with E-state index in [1.54, 1.807) is 0 Å². The summed E-state index contributed by atoms with van der Waals surface area (Å²) < 4.78 is 9.01. The number of nitrogens with zero attached hydrogens (tertiary/aromatic N) is 4. The number of para-hydroxylation sites is 4. The summed E-state index contributed by atoms with van der Waals surface area (Å²) in [5, 5.41) is 7.97. The maximum Gasteiger partial charge on any atom is 0.160 e. The third-order valence-corrected chi connectivity index (χ3v) is 13.8. The maximum absolute atomic E-state index is 6.66. The average Bonchev–Trinajstić information content (AvgIpc) is 3.98. The monoisotopic (exact) mass is 892 g/mol. The first-order valence-electron chi connectivity index (χ1n) is 23.7. The average molecular weight is 893 g/mol. The zero-order chi connectivity index (χ0) is 46.1. The molecule has 0 bridgehead atoms. The van der Waals surface area contributed by atoms with Crippen LogP contribution in [0.2, 0.25) is 0 Å². The van der Waals surface area contributed by atoms with Crippen LogP contribution in [0.1, 0.15) is 0 Å². The Labute approximate surface area is 403 Å². The molecule has 0 atom stereocenters. The maximum atomic E-state index is 6.66. The third-order valence-electron chi connectivity index (χ3n) is 13.8. The fourth-order valence-electron chi connectivity index (χ4n) is 10.6. The van der Waals surface area contributed by atoms with Gasteiger partial charge in [-0.1, -0.05) is 182 Å². The number of aromatic nitrogens is 4. The van der Waals surface area contributed by atoms with Gasteiger partial charge in [0, 0.05) is 71.2 Å². The highest BCUT2D eigenvalue weighted by Crippen LogP contribution is 2.46. The molecular weight excluding hydrogens is 853 g/mol. The van der Waals surface area contributed by atoms with Crippen molar-refractivity contribution in [2.75, 3.05) is 0 Å². The minimum absolute atomic E-state index is 0.655. The Morgan fingerprint density at radius 2 is 0.857 bits per heavy atom. The molecule has 0 saturated heterocycles. The van der Waals surface area contributed by atoms with Gasteiger partial charge in [-0.15, -0.1) is 0 Å². The molecule has 0 aliphatic rings. The molecule has 0 saturated carbocycles. The predicted octanol–water partition coefficient (Wildman–Crippen LogP) is 17.2. The summed E-state index contributed by atoms with van der Waals surface area (Å²) in [6, 6.07) is 85.5. The number of benzene rings is 10. The largest absolute Gasteiger partial charge is 0.456 e. The number of pyridine rings is 1. The summed E-state index contributed by atoms with van der Waals surface area (Å²) in [7, 11) is 0. The standard InChI is InChI=1S/C65H40N4O/c1-3-18-41(19-4-1)55-40-56(45-24-17-27-48(38-45)69-57-33-12-8-28-49(57)50-29-9-13-34-58(50)69)68-65(67-55)47-26-16-23-44(37-47)43-22-15-25-46(36-43)64-53-39-60-63(52-31-10-14-35-59(52)70-60)61(42-20-5-2-6-21-42)62(53)51-30-7-11-32-54(51)66-64/h1-40H. The molecule has 0 fully saturated rings. The molecule has 0 unspecified atom stereocenters. The number of hydrogen-bond acceptors (Lipinski definition) is 4. The molecule has 0 aliphatic heterocycles. The Bertz CT molecular complexity index is 4310. The first-order chi connectivity index (χ1) is 34.7. The topological polar surface area (TPSA) is 56.7 Å². The van der Waals surface area contributed by atoms with Gasteiger partial charge in [0.05, 0.1) is 33.6 Å². The number of hydrogen-bond donors (Lipinski definition) is 0. The molecule has 0 amide bonds. The van der Waals surface area contributed by atoms with Gasteiger partial charge in [-0.3, -0.25) is 0 Å². The molecule has 5 heteroatoms. The first kappa shape index (κ1) is 39.7. The van der Waals surface area contributed by atoms with Crippen LogP contribution in [0, 0.1) is 0 Å². The van der Waals surface area contributed by atoms with Crippen molar-refractivity contribution in [3.8, 4) is 73.1 Å². The van der Waals surface area contributed by atoms with Crippen LogP contribution in [0.5, 0.6) is 0 Å². The van der Waals surface area contributed by atoms with Crippen molar-refractivity contribution in [1.29, 1.82) is 0 Å². The lowest BCUT2D eigenvalue weighted by Crippen LogP contribution is -1.98.